The summed E-state index contributed by atoms with van der Waals surface area (Å²) in [6.45, 7) is 1.65. The highest BCUT2D eigenvalue weighted by Crippen LogP contribution is 2.36. The van der Waals surface area contributed by atoms with Gasteiger partial charge in [-0.15, -0.1) is 12.4 Å². The smallest absolute Gasteiger partial charge is 0.115 e. The summed E-state index contributed by atoms with van der Waals surface area (Å²) in [4.78, 5) is 9.77. The van der Waals surface area contributed by atoms with Crippen molar-refractivity contribution in [1.82, 2.24) is 25.5 Å². The first-order valence-electron chi connectivity index (χ1n) is 12.7. The molecule has 0 amide bonds. The first kappa shape index (κ1) is 26.1. The number of aromatic amines is 1. The van der Waals surface area contributed by atoms with Crippen LogP contribution in [0.1, 0.15) is 11.1 Å². The molecule has 3 heterocycles. The van der Waals surface area contributed by atoms with Crippen LogP contribution >= 0.6 is 12.4 Å². The van der Waals surface area contributed by atoms with Crippen molar-refractivity contribution in [2.75, 3.05) is 6.54 Å². The van der Waals surface area contributed by atoms with Gasteiger partial charge in [-0.2, -0.15) is 5.10 Å². The minimum absolute atomic E-state index is 0. The molecule has 0 saturated carbocycles. The summed E-state index contributed by atoms with van der Waals surface area (Å²) in [6, 6.07) is 30.5. The van der Waals surface area contributed by atoms with E-state index in [4.69, 9.17) is 4.98 Å². The maximum absolute atomic E-state index is 9.44. The summed E-state index contributed by atoms with van der Waals surface area (Å²) in [6.07, 6.45) is 6.36. The fourth-order valence-corrected chi connectivity index (χ4v) is 4.67. The molecule has 0 atom stereocenters. The third kappa shape index (κ3) is 5.82. The van der Waals surface area contributed by atoms with E-state index in [2.05, 4.69) is 75.1 Å². The number of hydrogen-bond acceptors (Lipinski definition) is 5. The van der Waals surface area contributed by atoms with Gasteiger partial charge in [-0.3, -0.25) is 10.1 Å². The van der Waals surface area contributed by atoms with E-state index in [9.17, 15) is 5.11 Å². The van der Waals surface area contributed by atoms with E-state index in [0.717, 1.165) is 64.1 Å². The van der Waals surface area contributed by atoms with Crippen molar-refractivity contribution in [3.63, 3.8) is 0 Å². The Morgan fingerprint density at radius 1 is 0.769 bits per heavy atom. The zero-order valence-electron chi connectivity index (χ0n) is 21.2. The maximum Gasteiger partial charge on any atom is 0.115 e. The van der Waals surface area contributed by atoms with Gasteiger partial charge in [-0.05, 0) is 53.9 Å². The Labute approximate surface area is 233 Å². The summed E-state index contributed by atoms with van der Waals surface area (Å²) in [5.41, 5.74) is 9.30. The van der Waals surface area contributed by atoms with Crippen LogP contribution in [-0.2, 0) is 13.0 Å². The Kier molecular flexibility index (Phi) is 7.96. The van der Waals surface area contributed by atoms with Gasteiger partial charge in [0.15, 0.2) is 0 Å². The number of phenolic OH excluding ortho intramolecular Hbond substituents is 1. The van der Waals surface area contributed by atoms with Crippen molar-refractivity contribution in [3.8, 4) is 39.4 Å². The number of aromatic hydroxyl groups is 1. The average Bonchev–Trinajstić information content (AvgIpc) is 3.51. The molecule has 0 radical (unpaired) electrons. The molecule has 0 aliphatic carbocycles. The molecule has 6 aromatic rings. The molecule has 0 saturated heterocycles. The molecule has 0 unspecified atom stereocenters. The number of phenols is 1. The van der Waals surface area contributed by atoms with Gasteiger partial charge in [-0.25, -0.2) is 4.98 Å². The Hall–Kier alpha value is -4.52. The Morgan fingerprint density at radius 2 is 1.54 bits per heavy atom. The van der Waals surface area contributed by atoms with Crippen LogP contribution in [0.25, 0.3) is 44.5 Å². The number of benzene rings is 3. The van der Waals surface area contributed by atoms with E-state index in [-0.39, 0.29) is 12.4 Å². The van der Waals surface area contributed by atoms with Crippen molar-refractivity contribution in [1.29, 1.82) is 0 Å². The lowest BCUT2D eigenvalue weighted by atomic mass is 9.96. The van der Waals surface area contributed by atoms with Gasteiger partial charge in [0.25, 0.3) is 0 Å². The van der Waals surface area contributed by atoms with Crippen molar-refractivity contribution < 1.29 is 5.11 Å². The lowest BCUT2D eigenvalue weighted by molar-refractivity contribution is 0.475. The Bertz CT molecular complexity index is 1650. The molecule has 0 aliphatic rings. The topological polar surface area (TPSA) is 86.7 Å². The van der Waals surface area contributed by atoms with Gasteiger partial charge >= 0.3 is 0 Å². The predicted octanol–water partition coefficient (Wildman–Crippen LogP) is 6.81. The Balaban J connectivity index is 0.00000308. The standard InChI is InChI=1S/C32H27N5O.ClH/c38-27-12-8-22(9-13-27)14-16-33-19-23-6-10-25(11-7-23)32-28(24-4-2-1-3-5-24)18-29-30(37-32)15-17-34-31(29)26-20-35-36-21-26;/h1-13,15,17-18,20-21,33,38H,14,16,19H2,(H,35,36);1H. The van der Waals surface area contributed by atoms with Crippen molar-refractivity contribution >= 4 is 23.3 Å². The number of fused-ring (bicyclic) bond motifs is 1. The zero-order chi connectivity index (χ0) is 25.7. The molecule has 3 N–H and O–H groups in total. The van der Waals surface area contributed by atoms with Gasteiger partial charge in [-0.1, -0.05) is 66.7 Å². The molecule has 3 aromatic carbocycles. The number of nitrogens with one attached hydrogen (secondary N) is 2. The normalized spacial score (nSPS) is 10.9. The van der Waals surface area contributed by atoms with E-state index < -0.39 is 0 Å². The molecule has 6 rings (SSSR count). The zero-order valence-corrected chi connectivity index (χ0v) is 22.0. The third-order valence-electron chi connectivity index (χ3n) is 6.68. The number of nitrogens with zero attached hydrogens (tertiary/aromatic N) is 3. The fraction of sp³-hybridized carbons (Fsp3) is 0.0938. The molecule has 7 heteroatoms. The summed E-state index contributed by atoms with van der Waals surface area (Å²) in [7, 11) is 0. The summed E-state index contributed by atoms with van der Waals surface area (Å²) < 4.78 is 0. The lowest BCUT2D eigenvalue weighted by Crippen LogP contribution is -2.16. The van der Waals surface area contributed by atoms with Gasteiger partial charge in [0.05, 0.1) is 23.1 Å². The largest absolute Gasteiger partial charge is 0.508 e. The average molecular weight is 534 g/mol. The van der Waals surface area contributed by atoms with E-state index >= 15 is 0 Å². The summed E-state index contributed by atoms with van der Waals surface area (Å²) in [5.74, 6) is 0.299. The van der Waals surface area contributed by atoms with Crippen LogP contribution in [0.4, 0.5) is 0 Å². The second kappa shape index (κ2) is 11.9. The number of H-pyrrole nitrogens is 1. The van der Waals surface area contributed by atoms with E-state index in [1.165, 1.54) is 11.1 Å². The second-order valence-electron chi connectivity index (χ2n) is 9.25. The first-order valence-corrected chi connectivity index (χ1v) is 12.7. The predicted molar refractivity (Wildman–Crippen MR) is 159 cm³/mol. The molecule has 194 valence electrons. The van der Waals surface area contributed by atoms with Crippen molar-refractivity contribution in [2.45, 2.75) is 13.0 Å². The molecule has 0 aliphatic heterocycles. The van der Waals surface area contributed by atoms with E-state index in [0.29, 0.717) is 5.75 Å². The number of pyridine rings is 2. The van der Waals surface area contributed by atoms with Crippen molar-refractivity contribution in [2.24, 2.45) is 0 Å². The van der Waals surface area contributed by atoms with Crippen LogP contribution in [0.3, 0.4) is 0 Å². The number of aromatic nitrogens is 4. The van der Waals surface area contributed by atoms with Crippen LogP contribution in [0.5, 0.6) is 5.75 Å². The highest BCUT2D eigenvalue weighted by molar-refractivity contribution is 5.98. The molecular weight excluding hydrogens is 506 g/mol. The van der Waals surface area contributed by atoms with Gasteiger partial charge < -0.3 is 10.4 Å². The highest BCUT2D eigenvalue weighted by atomic mass is 35.5. The number of rotatable bonds is 8. The summed E-state index contributed by atoms with van der Waals surface area (Å²) in [5, 5.41) is 20.9. The first-order chi connectivity index (χ1) is 18.7. The minimum Gasteiger partial charge on any atom is -0.508 e. The molecule has 39 heavy (non-hydrogen) atoms. The molecule has 0 spiro atoms. The minimum atomic E-state index is 0. The van der Waals surface area contributed by atoms with Crippen LogP contribution in [0.2, 0.25) is 0 Å². The highest BCUT2D eigenvalue weighted by Gasteiger charge is 2.15. The molecular formula is C32H28ClN5O. The third-order valence-corrected chi connectivity index (χ3v) is 6.68. The van der Waals surface area contributed by atoms with Crippen LogP contribution in [0.15, 0.2) is 110 Å². The monoisotopic (exact) mass is 533 g/mol. The lowest BCUT2D eigenvalue weighted by Gasteiger charge is -2.14. The number of halogens is 1. The quantitative estimate of drug-likeness (QED) is 0.187. The maximum atomic E-state index is 9.44. The molecule has 0 fully saturated rings. The van der Waals surface area contributed by atoms with Crippen LogP contribution in [0, 0.1) is 0 Å². The second-order valence-corrected chi connectivity index (χ2v) is 9.25. The number of hydrogen-bond donors (Lipinski definition) is 3. The molecule has 3 aromatic heterocycles. The van der Waals surface area contributed by atoms with E-state index in [1.54, 1.807) is 24.5 Å². The fourth-order valence-electron chi connectivity index (χ4n) is 4.67. The Morgan fingerprint density at radius 3 is 2.28 bits per heavy atom. The van der Waals surface area contributed by atoms with Crippen LogP contribution < -0.4 is 5.32 Å². The van der Waals surface area contributed by atoms with Gasteiger partial charge in [0.2, 0.25) is 0 Å². The van der Waals surface area contributed by atoms with Crippen molar-refractivity contribution in [3.05, 3.63) is 121 Å². The molecule has 0 bridgehead atoms. The SMILES string of the molecule is Cl.Oc1ccc(CCNCc2ccc(-c3nc4ccnc(-c5cn[nH]c5)c4cc3-c3ccccc3)cc2)cc1. The van der Waals surface area contributed by atoms with E-state index in [1.807, 2.05) is 30.5 Å². The van der Waals surface area contributed by atoms with Gasteiger partial charge in [0.1, 0.15) is 5.75 Å². The van der Waals surface area contributed by atoms with Crippen LogP contribution in [-0.4, -0.2) is 31.8 Å². The van der Waals surface area contributed by atoms with Gasteiger partial charge in [0, 0.05) is 41.0 Å². The summed E-state index contributed by atoms with van der Waals surface area (Å²) >= 11 is 0. The molecule has 6 nitrogen and oxygen atoms in total.